The Bertz CT molecular complexity index is 353. The molecule has 0 fully saturated rings. The molecule has 2 nitrogen and oxygen atoms in total. The predicted octanol–water partition coefficient (Wildman–Crippen LogP) is 2.51. The molecule has 0 amide bonds. The average molecular weight is 190 g/mol. The quantitative estimate of drug-likeness (QED) is 0.540. The van der Waals surface area contributed by atoms with Gasteiger partial charge in [-0.2, -0.15) is 0 Å². The highest BCUT2D eigenvalue weighted by molar-refractivity contribution is 5.90. The molecule has 0 aliphatic rings. The molecule has 0 aliphatic carbocycles. The lowest BCUT2D eigenvalue weighted by atomic mass is 10.0. The van der Waals surface area contributed by atoms with E-state index in [0.29, 0.717) is 5.56 Å². The van der Waals surface area contributed by atoms with E-state index in [9.17, 15) is 4.79 Å². The zero-order chi connectivity index (χ0) is 10.6. The monoisotopic (exact) mass is 190 g/mol. The number of esters is 1. The topological polar surface area (TPSA) is 26.3 Å². The summed E-state index contributed by atoms with van der Waals surface area (Å²) in [5, 5.41) is 0. The van der Waals surface area contributed by atoms with E-state index >= 15 is 0 Å². The van der Waals surface area contributed by atoms with Gasteiger partial charge in [0.25, 0.3) is 0 Å². The standard InChI is InChI=1S/C12H14O2/c1-4-5-10-6-7-11(9(2)8-10)12(13)14-3/h4,6-8H,1,5H2,2-3H3. The molecule has 1 aromatic rings. The summed E-state index contributed by atoms with van der Waals surface area (Å²) >= 11 is 0. The first-order valence-electron chi connectivity index (χ1n) is 4.47. The van der Waals surface area contributed by atoms with Crippen molar-refractivity contribution in [3.05, 3.63) is 47.5 Å². The van der Waals surface area contributed by atoms with Crippen molar-refractivity contribution in [2.45, 2.75) is 13.3 Å². The minimum absolute atomic E-state index is 0.285. The van der Waals surface area contributed by atoms with E-state index < -0.39 is 0 Å². The third-order valence-electron chi connectivity index (χ3n) is 2.08. The second-order valence-corrected chi connectivity index (χ2v) is 3.13. The van der Waals surface area contributed by atoms with Gasteiger partial charge in [-0.3, -0.25) is 0 Å². The fourth-order valence-corrected chi connectivity index (χ4v) is 1.36. The second-order valence-electron chi connectivity index (χ2n) is 3.13. The van der Waals surface area contributed by atoms with Gasteiger partial charge in [0.2, 0.25) is 0 Å². The Morgan fingerprint density at radius 3 is 2.79 bits per heavy atom. The van der Waals surface area contributed by atoms with Crippen LogP contribution in [0.15, 0.2) is 30.9 Å². The highest BCUT2D eigenvalue weighted by Gasteiger charge is 2.08. The molecule has 1 rings (SSSR count). The number of aryl methyl sites for hydroxylation is 1. The van der Waals surface area contributed by atoms with Gasteiger partial charge >= 0.3 is 5.97 Å². The molecule has 0 heterocycles. The second kappa shape index (κ2) is 4.61. The smallest absolute Gasteiger partial charge is 0.338 e. The largest absolute Gasteiger partial charge is 0.465 e. The number of methoxy groups -OCH3 is 1. The number of carbonyl (C=O) groups is 1. The molecule has 74 valence electrons. The lowest BCUT2D eigenvalue weighted by Crippen LogP contribution is -2.03. The van der Waals surface area contributed by atoms with Crippen LogP contribution in [0.1, 0.15) is 21.5 Å². The van der Waals surface area contributed by atoms with Crippen molar-refractivity contribution in [1.29, 1.82) is 0 Å². The van der Waals surface area contributed by atoms with Crippen molar-refractivity contribution in [2.75, 3.05) is 7.11 Å². The van der Waals surface area contributed by atoms with Crippen molar-refractivity contribution >= 4 is 5.97 Å². The van der Waals surface area contributed by atoms with Crippen LogP contribution in [0.3, 0.4) is 0 Å². The first-order valence-corrected chi connectivity index (χ1v) is 4.47. The molecule has 0 bridgehead atoms. The molecule has 0 saturated heterocycles. The number of allylic oxidation sites excluding steroid dienone is 1. The predicted molar refractivity (Wildman–Crippen MR) is 56.4 cm³/mol. The highest BCUT2D eigenvalue weighted by atomic mass is 16.5. The first-order chi connectivity index (χ1) is 6.69. The first kappa shape index (κ1) is 10.5. The normalized spacial score (nSPS) is 9.57. The van der Waals surface area contributed by atoms with Crippen LogP contribution in [-0.2, 0) is 11.2 Å². The SMILES string of the molecule is C=CCc1ccc(C(=O)OC)c(C)c1. The van der Waals surface area contributed by atoms with Crippen LogP contribution in [-0.4, -0.2) is 13.1 Å². The lowest BCUT2D eigenvalue weighted by molar-refractivity contribution is 0.0600. The number of rotatable bonds is 3. The number of carbonyl (C=O) groups excluding carboxylic acids is 1. The summed E-state index contributed by atoms with van der Waals surface area (Å²) in [7, 11) is 1.39. The Morgan fingerprint density at radius 2 is 2.29 bits per heavy atom. The van der Waals surface area contributed by atoms with Gasteiger partial charge in [-0.15, -0.1) is 6.58 Å². The zero-order valence-corrected chi connectivity index (χ0v) is 8.54. The average Bonchev–Trinajstić information content (AvgIpc) is 2.17. The number of hydrogen-bond donors (Lipinski definition) is 0. The van der Waals surface area contributed by atoms with Crippen molar-refractivity contribution < 1.29 is 9.53 Å². The fraction of sp³-hybridized carbons (Fsp3) is 0.250. The molecule has 1 aromatic carbocycles. The van der Waals surface area contributed by atoms with Gasteiger partial charge in [0, 0.05) is 0 Å². The summed E-state index contributed by atoms with van der Waals surface area (Å²) in [6.07, 6.45) is 2.66. The van der Waals surface area contributed by atoms with Crippen LogP contribution < -0.4 is 0 Å². The molecule has 0 aromatic heterocycles. The van der Waals surface area contributed by atoms with Crippen molar-refractivity contribution in [2.24, 2.45) is 0 Å². The maximum atomic E-state index is 11.3. The molecule has 0 atom stereocenters. The highest BCUT2D eigenvalue weighted by Crippen LogP contribution is 2.12. The summed E-state index contributed by atoms with van der Waals surface area (Å²) in [4.78, 5) is 11.3. The van der Waals surface area contributed by atoms with Gasteiger partial charge in [0.1, 0.15) is 0 Å². The Morgan fingerprint density at radius 1 is 1.57 bits per heavy atom. The molecular weight excluding hydrogens is 176 g/mol. The van der Waals surface area contributed by atoms with Gasteiger partial charge in [0.05, 0.1) is 12.7 Å². The molecule has 0 N–H and O–H groups in total. The summed E-state index contributed by atoms with van der Waals surface area (Å²) in [6.45, 7) is 5.57. The minimum Gasteiger partial charge on any atom is -0.465 e. The molecular formula is C12H14O2. The van der Waals surface area contributed by atoms with E-state index in [0.717, 1.165) is 17.5 Å². The van der Waals surface area contributed by atoms with E-state index in [4.69, 9.17) is 0 Å². The third kappa shape index (κ3) is 2.22. The fourth-order valence-electron chi connectivity index (χ4n) is 1.36. The third-order valence-corrected chi connectivity index (χ3v) is 2.08. The molecule has 0 radical (unpaired) electrons. The van der Waals surface area contributed by atoms with Crippen LogP contribution in [0.5, 0.6) is 0 Å². The zero-order valence-electron chi connectivity index (χ0n) is 8.54. The van der Waals surface area contributed by atoms with Crippen molar-refractivity contribution in [3.8, 4) is 0 Å². The number of benzene rings is 1. The Kier molecular flexibility index (Phi) is 3.46. The van der Waals surface area contributed by atoms with Crippen molar-refractivity contribution in [1.82, 2.24) is 0 Å². The lowest BCUT2D eigenvalue weighted by Gasteiger charge is -2.05. The molecule has 0 aliphatic heterocycles. The van der Waals surface area contributed by atoms with E-state index in [2.05, 4.69) is 11.3 Å². The molecule has 0 saturated carbocycles. The summed E-state index contributed by atoms with van der Waals surface area (Å²) in [6, 6.07) is 5.69. The Labute approximate surface area is 84.2 Å². The maximum absolute atomic E-state index is 11.3. The number of hydrogen-bond acceptors (Lipinski definition) is 2. The summed E-state index contributed by atoms with van der Waals surface area (Å²) in [5.74, 6) is -0.285. The van der Waals surface area contributed by atoms with Gasteiger partial charge in [0.15, 0.2) is 0 Å². The Hall–Kier alpha value is -1.57. The minimum atomic E-state index is -0.285. The molecule has 0 unspecified atom stereocenters. The van der Waals surface area contributed by atoms with Crippen LogP contribution in [0.4, 0.5) is 0 Å². The van der Waals surface area contributed by atoms with E-state index in [1.807, 2.05) is 25.1 Å². The summed E-state index contributed by atoms with van der Waals surface area (Å²) < 4.78 is 4.66. The van der Waals surface area contributed by atoms with E-state index in [1.54, 1.807) is 6.07 Å². The van der Waals surface area contributed by atoms with Crippen LogP contribution in [0, 0.1) is 6.92 Å². The summed E-state index contributed by atoms with van der Waals surface area (Å²) in [5.41, 5.74) is 2.72. The van der Waals surface area contributed by atoms with Gasteiger partial charge in [-0.1, -0.05) is 18.2 Å². The van der Waals surface area contributed by atoms with Crippen LogP contribution in [0.2, 0.25) is 0 Å². The van der Waals surface area contributed by atoms with Gasteiger partial charge in [-0.25, -0.2) is 4.79 Å². The number of ether oxygens (including phenoxy) is 1. The Balaban J connectivity index is 3.00. The molecule has 2 heteroatoms. The van der Waals surface area contributed by atoms with Crippen LogP contribution in [0.25, 0.3) is 0 Å². The van der Waals surface area contributed by atoms with Crippen molar-refractivity contribution in [3.63, 3.8) is 0 Å². The maximum Gasteiger partial charge on any atom is 0.338 e. The molecule has 14 heavy (non-hydrogen) atoms. The van der Waals surface area contributed by atoms with Gasteiger partial charge < -0.3 is 4.74 Å². The van der Waals surface area contributed by atoms with Crippen LogP contribution >= 0.6 is 0 Å². The van der Waals surface area contributed by atoms with Gasteiger partial charge in [-0.05, 0) is 30.5 Å². The van der Waals surface area contributed by atoms with E-state index in [-0.39, 0.29) is 5.97 Å². The molecule has 0 spiro atoms. The van der Waals surface area contributed by atoms with E-state index in [1.165, 1.54) is 7.11 Å².